The zero-order valence-electron chi connectivity index (χ0n) is 19.4. The largest absolute Gasteiger partial charge is 0.463 e. The molecule has 0 saturated carbocycles. The van der Waals surface area contributed by atoms with Crippen LogP contribution in [0.3, 0.4) is 0 Å². The van der Waals surface area contributed by atoms with Gasteiger partial charge in [-0.3, -0.25) is 0 Å². The Kier molecular flexibility index (Phi) is 6.74. The van der Waals surface area contributed by atoms with E-state index in [1.165, 1.54) is 0 Å². The van der Waals surface area contributed by atoms with Crippen LogP contribution >= 0.6 is 0 Å². The van der Waals surface area contributed by atoms with Gasteiger partial charge in [-0.15, -0.1) is 0 Å². The Balaban J connectivity index is 1.33. The molecule has 3 N–H and O–H groups in total. The topological polar surface area (TPSA) is 81.2 Å². The van der Waals surface area contributed by atoms with E-state index in [1.54, 1.807) is 0 Å². The molecule has 2 aliphatic rings. The van der Waals surface area contributed by atoms with Crippen molar-refractivity contribution in [2.75, 3.05) is 13.2 Å². The van der Waals surface area contributed by atoms with Crippen molar-refractivity contribution in [3.8, 4) is 11.5 Å². The van der Waals surface area contributed by atoms with Gasteiger partial charge in [0, 0.05) is 70.1 Å². The first kappa shape index (κ1) is 23.0. The second-order valence-corrected chi connectivity index (χ2v) is 9.27. The van der Waals surface area contributed by atoms with Crippen LogP contribution < -0.4 is 20.1 Å². The number of benzene rings is 2. The van der Waals surface area contributed by atoms with Crippen LogP contribution in [0.25, 0.3) is 0 Å². The Labute approximate surface area is 190 Å². The lowest BCUT2D eigenvalue weighted by Gasteiger charge is -2.34. The van der Waals surface area contributed by atoms with Crippen molar-refractivity contribution < 1.29 is 24.1 Å². The summed E-state index contributed by atoms with van der Waals surface area (Å²) >= 11 is 0. The van der Waals surface area contributed by atoms with Crippen LogP contribution in [0.5, 0.6) is 11.5 Å². The lowest BCUT2D eigenvalue weighted by molar-refractivity contribution is -0.180. The van der Waals surface area contributed by atoms with E-state index >= 15 is 0 Å². The molecule has 0 bridgehead atoms. The molecule has 1 atom stereocenters. The molecule has 0 fully saturated rings. The van der Waals surface area contributed by atoms with Crippen molar-refractivity contribution in [1.29, 1.82) is 0 Å². The summed E-state index contributed by atoms with van der Waals surface area (Å²) in [5.74, 6) is 0.511. The Morgan fingerprint density at radius 2 is 1.62 bits per heavy atom. The first-order valence-electron chi connectivity index (χ1n) is 11.2. The highest BCUT2D eigenvalue weighted by molar-refractivity contribution is 5.43. The number of aliphatic hydroxyl groups is 1. The lowest BCUT2D eigenvalue weighted by Crippen LogP contribution is -2.41. The van der Waals surface area contributed by atoms with Gasteiger partial charge in [0.15, 0.2) is 0 Å². The third kappa shape index (κ3) is 5.42. The number of hydrogen-bond acceptors (Lipinski definition) is 7. The lowest BCUT2D eigenvalue weighted by atomic mass is 10.0. The van der Waals surface area contributed by atoms with Gasteiger partial charge in [-0.2, -0.15) is 0 Å². The zero-order chi connectivity index (χ0) is 22.8. The summed E-state index contributed by atoms with van der Waals surface area (Å²) in [6, 6.07) is 12.1. The number of aliphatic hydroxyl groups excluding tert-OH is 1. The molecular formula is C25H34N2O5. The van der Waals surface area contributed by atoms with Crippen LogP contribution in [-0.2, 0) is 35.8 Å². The number of para-hydroxylation sites is 1. The van der Waals surface area contributed by atoms with Gasteiger partial charge in [0.2, 0.25) is 11.6 Å². The molecule has 32 heavy (non-hydrogen) atoms. The molecule has 7 nitrogen and oxygen atoms in total. The van der Waals surface area contributed by atoms with Crippen molar-refractivity contribution >= 4 is 0 Å². The van der Waals surface area contributed by atoms with Gasteiger partial charge in [-0.05, 0) is 11.6 Å². The summed E-state index contributed by atoms with van der Waals surface area (Å²) in [6.07, 6.45) is 0. The average Bonchev–Trinajstić information content (AvgIpc) is 2.75. The predicted molar refractivity (Wildman–Crippen MR) is 121 cm³/mol. The second-order valence-electron chi connectivity index (χ2n) is 9.27. The molecule has 2 heterocycles. The Morgan fingerprint density at radius 3 is 2.44 bits per heavy atom. The first-order valence-corrected chi connectivity index (χ1v) is 11.2. The molecule has 1 unspecified atom stereocenters. The number of rotatable bonds is 8. The van der Waals surface area contributed by atoms with Crippen LogP contribution in [0.1, 0.15) is 49.9 Å². The fourth-order valence-electron chi connectivity index (χ4n) is 3.96. The van der Waals surface area contributed by atoms with Crippen molar-refractivity contribution in [2.45, 2.75) is 71.6 Å². The van der Waals surface area contributed by atoms with Gasteiger partial charge in [0.1, 0.15) is 11.5 Å². The highest BCUT2D eigenvalue weighted by Crippen LogP contribution is 2.34. The van der Waals surface area contributed by atoms with Gasteiger partial charge < -0.3 is 34.7 Å². The molecular weight excluding hydrogens is 408 g/mol. The van der Waals surface area contributed by atoms with E-state index in [4.69, 9.17) is 18.9 Å². The summed E-state index contributed by atoms with van der Waals surface area (Å²) in [5.41, 5.74) is 4.32. The third-order valence-corrected chi connectivity index (χ3v) is 5.76. The SMILES string of the molecule is CC1(C)OCc2c(CNC(CO)CNCc3cccc4c3OC(C)(C)OC4)cccc2O1. The monoisotopic (exact) mass is 442 g/mol. The highest BCUT2D eigenvalue weighted by Gasteiger charge is 2.29. The van der Waals surface area contributed by atoms with E-state index in [1.807, 2.05) is 52.0 Å². The van der Waals surface area contributed by atoms with Gasteiger partial charge in [-0.25, -0.2) is 0 Å². The van der Waals surface area contributed by atoms with Gasteiger partial charge in [0.25, 0.3) is 0 Å². The van der Waals surface area contributed by atoms with E-state index in [9.17, 15) is 5.11 Å². The average molecular weight is 443 g/mol. The summed E-state index contributed by atoms with van der Waals surface area (Å²) in [5, 5.41) is 16.8. The Hall–Kier alpha value is -2.16. The first-order chi connectivity index (χ1) is 15.3. The molecule has 0 amide bonds. The molecule has 2 aromatic rings. The van der Waals surface area contributed by atoms with Gasteiger partial charge in [0.05, 0.1) is 19.8 Å². The minimum atomic E-state index is -0.629. The van der Waals surface area contributed by atoms with Crippen LogP contribution in [0.2, 0.25) is 0 Å². The van der Waals surface area contributed by atoms with Crippen LogP contribution in [0, 0.1) is 0 Å². The minimum Gasteiger partial charge on any atom is -0.463 e. The predicted octanol–water partition coefficient (Wildman–Crippen LogP) is 3.22. The fraction of sp³-hybridized carbons (Fsp3) is 0.520. The number of hydrogen-bond donors (Lipinski definition) is 3. The molecule has 0 aromatic heterocycles. The van der Waals surface area contributed by atoms with E-state index in [-0.39, 0.29) is 12.6 Å². The maximum Gasteiger partial charge on any atom is 0.205 e. The molecule has 0 aliphatic carbocycles. The highest BCUT2D eigenvalue weighted by atomic mass is 16.7. The molecule has 2 aromatic carbocycles. The van der Waals surface area contributed by atoms with Crippen LogP contribution in [0.4, 0.5) is 0 Å². The van der Waals surface area contributed by atoms with E-state index in [0.29, 0.717) is 32.8 Å². The molecule has 4 rings (SSSR count). The quantitative estimate of drug-likeness (QED) is 0.579. The van der Waals surface area contributed by atoms with Crippen molar-refractivity contribution in [2.24, 2.45) is 0 Å². The van der Waals surface area contributed by atoms with Gasteiger partial charge in [-0.1, -0.05) is 30.3 Å². The third-order valence-electron chi connectivity index (χ3n) is 5.76. The summed E-state index contributed by atoms with van der Waals surface area (Å²) in [6.45, 7) is 10.7. The van der Waals surface area contributed by atoms with Gasteiger partial charge >= 0.3 is 0 Å². The number of fused-ring (bicyclic) bond motifs is 2. The minimum absolute atomic E-state index is 0.0341. The smallest absolute Gasteiger partial charge is 0.205 e. The fourth-order valence-corrected chi connectivity index (χ4v) is 3.96. The van der Waals surface area contributed by atoms with Crippen molar-refractivity contribution in [3.63, 3.8) is 0 Å². The Bertz CT molecular complexity index is 944. The maximum atomic E-state index is 9.88. The molecule has 174 valence electrons. The number of nitrogens with one attached hydrogen (secondary N) is 2. The molecule has 0 radical (unpaired) electrons. The standard InChI is InChI=1S/C25H34N2O5/c1-24(2)30-16-21-17(7-6-10-22(21)31-24)12-27-20(14-28)13-26-11-18-8-5-9-19-15-29-25(3,4)32-23(18)19/h5-10,20,26-28H,11-16H2,1-4H3. The van der Waals surface area contributed by atoms with Crippen LogP contribution in [-0.4, -0.2) is 35.9 Å². The van der Waals surface area contributed by atoms with Crippen molar-refractivity contribution in [1.82, 2.24) is 10.6 Å². The van der Waals surface area contributed by atoms with E-state index < -0.39 is 11.6 Å². The maximum absolute atomic E-state index is 9.88. The molecule has 0 saturated heterocycles. The van der Waals surface area contributed by atoms with E-state index in [2.05, 4.69) is 22.8 Å². The molecule has 2 aliphatic heterocycles. The summed E-state index contributed by atoms with van der Waals surface area (Å²) in [4.78, 5) is 0. The van der Waals surface area contributed by atoms with Crippen molar-refractivity contribution in [3.05, 3.63) is 58.7 Å². The molecule has 7 heteroatoms. The normalized spacial score (nSPS) is 19.3. The van der Waals surface area contributed by atoms with E-state index in [0.717, 1.165) is 33.8 Å². The Morgan fingerprint density at radius 1 is 0.906 bits per heavy atom. The molecule has 0 spiro atoms. The zero-order valence-corrected chi connectivity index (χ0v) is 19.4. The summed E-state index contributed by atoms with van der Waals surface area (Å²) in [7, 11) is 0. The summed E-state index contributed by atoms with van der Waals surface area (Å²) < 4.78 is 23.5. The second kappa shape index (κ2) is 9.37. The van der Waals surface area contributed by atoms with Crippen LogP contribution in [0.15, 0.2) is 36.4 Å². The number of ether oxygens (including phenoxy) is 4.